The third-order valence-corrected chi connectivity index (χ3v) is 3.26. The topological polar surface area (TPSA) is 55.1 Å². The lowest BCUT2D eigenvalue weighted by Crippen LogP contribution is -2.24. The molecule has 1 aromatic carbocycles. The molecule has 124 valence electrons. The monoisotopic (exact) mass is 326 g/mol. The molecule has 0 saturated heterocycles. The average Bonchev–Trinajstić information content (AvgIpc) is 2.86. The van der Waals surface area contributed by atoms with Gasteiger partial charge >= 0.3 is 6.18 Å². The molecule has 1 N–H and O–H groups in total. The lowest BCUT2D eigenvalue weighted by molar-refractivity contribution is -0.137. The minimum atomic E-state index is -4.37. The van der Waals surface area contributed by atoms with Crippen LogP contribution < -0.4 is 5.32 Å². The maximum atomic E-state index is 12.5. The molecule has 0 atom stereocenters. The highest BCUT2D eigenvalue weighted by Crippen LogP contribution is 2.29. The minimum absolute atomic E-state index is 0.0603. The fraction of sp³-hybridized carbons (Fsp3) is 0.375. The third kappa shape index (κ3) is 4.12. The Labute approximate surface area is 131 Å². The summed E-state index contributed by atoms with van der Waals surface area (Å²) >= 11 is 0. The number of carbonyl (C=O) groups excluding carboxylic acids is 1. The number of nitrogens with one attached hydrogen (secondary N) is 1. The van der Waals surface area contributed by atoms with Crippen molar-refractivity contribution in [2.75, 3.05) is 0 Å². The number of carbonyl (C=O) groups is 1. The van der Waals surface area contributed by atoms with Crippen LogP contribution in [0.4, 0.5) is 13.2 Å². The van der Waals surface area contributed by atoms with E-state index in [9.17, 15) is 18.0 Å². The number of aromatic nitrogens is 1. The van der Waals surface area contributed by atoms with Crippen LogP contribution in [-0.2, 0) is 12.7 Å². The molecule has 0 spiro atoms. The van der Waals surface area contributed by atoms with Crippen molar-refractivity contribution in [3.63, 3.8) is 0 Å². The van der Waals surface area contributed by atoms with E-state index in [2.05, 4.69) is 10.3 Å². The summed E-state index contributed by atoms with van der Waals surface area (Å²) in [6.07, 6.45) is -4.37. The molecule has 0 radical (unpaired) electrons. The molecule has 0 fully saturated rings. The summed E-state index contributed by atoms with van der Waals surface area (Å²) in [5.41, 5.74) is 0.0405. The Hall–Kier alpha value is -2.31. The van der Waals surface area contributed by atoms with E-state index in [1.165, 1.54) is 12.1 Å². The second-order valence-electron chi connectivity index (χ2n) is 5.49. The van der Waals surface area contributed by atoms with Crippen LogP contribution >= 0.6 is 0 Å². The minimum Gasteiger partial charge on any atom is -0.445 e. The second-order valence-corrected chi connectivity index (χ2v) is 5.49. The number of benzene rings is 1. The number of halogens is 3. The highest BCUT2D eigenvalue weighted by molar-refractivity contribution is 5.93. The molecule has 1 heterocycles. The molecular weight excluding hydrogens is 309 g/mol. The number of hydrogen-bond donors (Lipinski definition) is 1. The van der Waals surface area contributed by atoms with Crippen molar-refractivity contribution >= 4 is 5.91 Å². The number of rotatable bonds is 4. The van der Waals surface area contributed by atoms with Crippen molar-refractivity contribution in [1.82, 2.24) is 10.3 Å². The summed E-state index contributed by atoms with van der Waals surface area (Å²) < 4.78 is 42.8. The van der Waals surface area contributed by atoms with Crippen molar-refractivity contribution in [2.24, 2.45) is 0 Å². The van der Waals surface area contributed by atoms with Gasteiger partial charge in [0.25, 0.3) is 5.91 Å². The molecule has 1 aromatic heterocycles. The van der Waals surface area contributed by atoms with Gasteiger partial charge < -0.3 is 9.73 Å². The van der Waals surface area contributed by atoms with Crippen molar-refractivity contribution < 1.29 is 22.4 Å². The summed E-state index contributed by atoms with van der Waals surface area (Å²) in [7, 11) is 0. The summed E-state index contributed by atoms with van der Waals surface area (Å²) in [6.45, 7) is 5.55. The molecule has 4 nitrogen and oxygen atoms in total. The van der Waals surface area contributed by atoms with Crippen LogP contribution in [0.5, 0.6) is 0 Å². The fourth-order valence-corrected chi connectivity index (χ4v) is 1.95. The van der Waals surface area contributed by atoms with Crippen LogP contribution in [0.15, 0.2) is 28.7 Å². The van der Waals surface area contributed by atoms with E-state index in [4.69, 9.17) is 4.42 Å². The van der Waals surface area contributed by atoms with Crippen LogP contribution in [0, 0.1) is 6.92 Å². The highest BCUT2D eigenvalue weighted by atomic mass is 19.4. The molecule has 0 bridgehead atoms. The average molecular weight is 326 g/mol. The standard InChI is InChI=1S/C16H17F3N2O2/c1-9(2)15-21-13(10(3)23-15)14(22)20-8-11-4-6-12(7-5-11)16(17,18)19/h4-7,9H,8H2,1-3H3,(H,20,22). The molecule has 0 aliphatic heterocycles. The predicted molar refractivity (Wildman–Crippen MR) is 77.9 cm³/mol. The van der Waals surface area contributed by atoms with E-state index >= 15 is 0 Å². The maximum absolute atomic E-state index is 12.5. The first-order valence-electron chi connectivity index (χ1n) is 7.10. The molecule has 2 aromatic rings. The van der Waals surface area contributed by atoms with Gasteiger partial charge in [0.2, 0.25) is 0 Å². The van der Waals surface area contributed by atoms with Crippen molar-refractivity contribution in [2.45, 2.75) is 39.4 Å². The first-order valence-corrected chi connectivity index (χ1v) is 7.10. The van der Waals surface area contributed by atoms with E-state index in [0.717, 1.165) is 12.1 Å². The van der Waals surface area contributed by atoms with Crippen LogP contribution in [0.3, 0.4) is 0 Å². The van der Waals surface area contributed by atoms with E-state index in [0.29, 0.717) is 17.2 Å². The number of alkyl halides is 3. The summed E-state index contributed by atoms with van der Waals surface area (Å²) in [5.74, 6) is 0.531. The molecule has 0 aliphatic carbocycles. The Kier molecular flexibility index (Phi) is 4.77. The van der Waals surface area contributed by atoms with E-state index in [1.807, 2.05) is 13.8 Å². The molecule has 0 unspecified atom stereocenters. The van der Waals surface area contributed by atoms with E-state index in [-0.39, 0.29) is 18.2 Å². The highest BCUT2D eigenvalue weighted by Gasteiger charge is 2.29. The Morgan fingerprint density at radius 3 is 2.35 bits per heavy atom. The quantitative estimate of drug-likeness (QED) is 0.922. The van der Waals surface area contributed by atoms with Gasteiger partial charge in [-0.1, -0.05) is 26.0 Å². The lowest BCUT2D eigenvalue weighted by atomic mass is 10.1. The zero-order chi connectivity index (χ0) is 17.2. The van der Waals surface area contributed by atoms with Crippen LogP contribution in [0.25, 0.3) is 0 Å². The molecule has 1 amide bonds. The van der Waals surface area contributed by atoms with E-state index in [1.54, 1.807) is 6.92 Å². The summed E-state index contributed by atoms with van der Waals surface area (Å²) in [6, 6.07) is 4.63. The number of amides is 1. The third-order valence-electron chi connectivity index (χ3n) is 3.26. The zero-order valence-electron chi connectivity index (χ0n) is 13.0. The molecule has 23 heavy (non-hydrogen) atoms. The Morgan fingerprint density at radius 2 is 1.87 bits per heavy atom. The Bertz CT molecular complexity index is 688. The van der Waals surface area contributed by atoms with Crippen molar-refractivity contribution in [3.8, 4) is 0 Å². The normalized spacial score (nSPS) is 11.8. The van der Waals surface area contributed by atoms with Gasteiger partial charge in [0, 0.05) is 12.5 Å². The fourth-order valence-electron chi connectivity index (χ4n) is 1.95. The van der Waals surface area contributed by atoms with E-state index < -0.39 is 17.6 Å². The summed E-state index contributed by atoms with van der Waals surface area (Å²) in [5, 5.41) is 2.62. The Balaban J connectivity index is 2.02. The van der Waals surface area contributed by atoms with Crippen molar-refractivity contribution in [1.29, 1.82) is 0 Å². The molecule has 0 saturated carbocycles. The number of nitrogens with zero attached hydrogens (tertiary/aromatic N) is 1. The second kappa shape index (κ2) is 6.44. The molecule has 2 rings (SSSR count). The van der Waals surface area contributed by atoms with Gasteiger partial charge in [-0.15, -0.1) is 0 Å². The van der Waals surface area contributed by atoms with Gasteiger partial charge in [-0.05, 0) is 24.6 Å². The number of hydrogen-bond acceptors (Lipinski definition) is 3. The van der Waals surface area contributed by atoms with Crippen LogP contribution in [0.2, 0.25) is 0 Å². The zero-order valence-corrected chi connectivity index (χ0v) is 13.0. The van der Waals surface area contributed by atoms with Gasteiger partial charge in [-0.2, -0.15) is 13.2 Å². The maximum Gasteiger partial charge on any atom is 0.416 e. The van der Waals surface area contributed by atoms with Gasteiger partial charge in [0.05, 0.1) is 5.56 Å². The first-order chi connectivity index (χ1) is 10.7. The number of aryl methyl sites for hydroxylation is 1. The first kappa shape index (κ1) is 17.1. The molecule has 0 aliphatic rings. The van der Waals surface area contributed by atoms with Crippen LogP contribution in [0.1, 0.15) is 53.0 Å². The molecular formula is C16H17F3N2O2. The smallest absolute Gasteiger partial charge is 0.416 e. The largest absolute Gasteiger partial charge is 0.445 e. The number of oxazole rings is 1. The van der Waals surface area contributed by atoms with Gasteiger partial charge in [0.1, 0.15) is 5.76 Å². The Morgan fingerprint density at radius 1 is 1.26 bits per heavy atom. The van der Waals surface area contributed by atoms with Crippen molar-refractivity contribution in [3.05, 3.63) is 52.7 Å². The van der Waals surface area contributed by atoms with Gasteiger partial charge in [0.15, 0.2) is 11.6 Å². The predicted octanol–water partition coefficient (Wildman–Crippen LogP) is 4.06. The van der Waals surface area contributed by atoms with Gasteiger partial charge in [-0.25, -0.2) is 4.98 Å². The SMILES string of the molecule is Cc1oc(C(C)C)nc1C(=O)NCc1ccc(C(F)(F)F)cc1. The van der Waals surface area contributed by atoms with Crippen LogP contribution in [-0.4, -0.2) is 10.9 Å². The molecule has 7 heteroatoms. The van der Waals surface area contributed by atoms with Gasteiger partial charge in [-0.3, -0.25) is 4.79 Å². The summed E-state index contributed by atoms with van der Waals surface area (Å²) in [4.78, 5) is 16.2. The lowest BCUT2D eigenvalue weighted by Gasteiger charge is -2.08.